The first-order valence-electron chi connectivity index (χ1n) is 11.0. The first-order chi connectivity index (χ1) is 15.9. The lowest BCUT2D eigenvalue weighted by atomic mass is 9.76. The van der Waals surface area contributed by atoms with E-state index in [0.717, 1.165) is 40.2 Å². The van der Waals surface area contributed by atoms with Crippen LogP contribution in [0.5, 0.6) is 0 Å². The summed E-state index contributed by atoms with van der Waals surface area (Å²) in [6.07, 6.45) is 2.18. The van der Waals surface area contributed by atoms with E-state index in [-0.39, 0.29) is 12.5 Å². The number of carbonyl (C=O) groups excluding carboxylic acids is 3. The molecule has 33 heavy (non-hydrogen) atoms. The third-order valence-corrected chi connectivity index (χ3v) is 6.51. The molecule has 1 spiro atoms. The van der Waals surface area contributed by atoms with Gasteiger partial charge in [-0.1, -0.05) is 42.5 Å². The second-order valence-electron chi connectivity index (χ2n) is 8.58. The van der Waals surface area contributed by atoms with Crippen LogP contribution in [-0.2, 0) is 21.5 Å². The molecule has 8 heteroatoms. The van der Waals surface area contributed by atoms with Crippen molar-refractivity contribution < 1.29 is 14.4 Å². The molecule has 0 bridgehead atoms. The van der Waals surface area contributed by atoms with Gasteiger partial charge in [0.15, 0.2) is 0 Å². The molecule has 168 valence electrons. The van der Waals surface area contributed by atoms with Crippen molar-refractivity contribution in [3.63, 3.8) is 0 Å². The first-order valence-corrected chi connectivity index (χ1v) is 11.0. The largest absolute Gasteiger partial charge is 0.325 e. The summed E-state index contributed by atoms with van der Waals surface area (Å²) in [5.74, 6) is -0.818. The maximum absolute atomic E-state index is 13.4. The second kappa shape index (κ2) is 7.88. The standard InChI is InChI=1S/C25H25N5O3/c1-16-22(17(2)30(28-16)19-11-4-3-5-12-19)26-21(31)15-29-23(32)25(27-24(29)33)14-8-10-18-9-6-7-13-20(18)25/h3-7,9,11-13H,8,10,14-15H2,1-2H3,(H,26,31)(H,27,33). The van der Waals surface area contributed by atoms with E-state index in [1.807, 2.05) is 68.4 Å². The Balaban J connectivity index is 1.36. The highest BCUT2D eigenvalue weighted by atomic mass is 16.2. The lowest BCUT2D eigenvalue weighted by Gasteiger charge is -2.33. The van der Waals surface area contributed by atoms with E-state index in [1.54, 1.807) is 4.68 Å². The molecule has 1 aliphatic heterocycles. The summed E-state index contributed by atoms with van der Waals surface area (Å²) in [4.78, 5) is 40.1. The molecule has 1 saturated heterocycles. The van der Waals surface area contributed by atoms with Crippen LogP contribution in [0.1, 0.15) is 35.4 Å². The highest BCUT2D eigenvalue weighted by molar-refractivity contribution is 6.10. The van der Waals surface area contributed by atoms with E-state index in [0.29, 0.717) is 17.8 Å². The highest BCUT2D eigenvalue weighted by Crippen LogP contribution is 2.39. The Morgan fingerprint density at radius 2 is 1.82 bits per heavy atom. The van der Waals surface area contributed by atoms with Gasteiger partial charge in [-0.15, -0.1) is 0 Å². The molecule has 1 fully saturated rings. The summed E-state index contributed by atoms with van der Waals surface area (Å²) >= 11 is 0. The summed E-state index contributed by atoms with van der Waals surface area (Å²) in [6, 6.07) is 16.8. The van der Waals surface area contributed by atoms with Gasteiger partial charge >= 0.3 is 6.03 Å². The van der Waals surface area contributed by atoms with Crippen molar-refractivity contribution in [3.8, 4) is 5.69 Å². The summed E-state index contributed by atoms with van der Waals surface area (Å²) in [5, 5.41) is 10.3. The quantitative estimate of drug-likeness (QED) is 0.605. The topological polar surface area (TPSA) is 96.3 Å². The third kappa shape index (κ3) is 3.38. The zero-order valence-electron chi connectivity index (χ0n) is 18.6. The Morgan fingerprint density at radius 1 is 1.09 bits per heavy atom. The van der Waals surface area contributed by atoms with Crippen molar-refractivity contribution in [1.82, 2.24) is 20.0 Å². The number of aryl methyl sites for hydroxylation is 2. The van der Waals surface area contributed by atoms with Crippen molar-refractivity contribution in [1.29, 1.82) is 0 Å². The number of imide groups is 1. The number of anilines is 1. The van der Waals surface area contributed by atoms with Crippen LogP contribution in [0.4, 0.5) is 10.5 Å². The smallest absolute Gasteiger partial charge is 0.321 e. The predicted molar refractivity (Wildman–Crippen MR) is 123 cm³/mol. The second-order valence-corrected chi connectivity index (χ2v) is 8.58. The first kappa shape index (κ1) is 20.9. The van der Waals surface area contributed by atoms with Gasteiger partial charge in [-0.05, 0) is 56.4 Å². The molecule has 1 atom stereocenters. The van der Waals surface area contributed by atoms with Crippen molar-refractivity contribution >= 4 is 23.5 Å². The van der Waals surface area contributed by atoms with Crippen LogP contribution in [0.15, 0.2) is 54.6 Å². The number of hydrogen-bond donors (Lipinski definition) is 2. The van der Waals surface area contributed by atoms with Gasteiger partial charge in [0.25, 0.3) is 5.91 Å². The molecule has 5 rings (SSSR count). The average molecular weight is 444 g/mol. The normalized spacial score (nSPS) is 19.5. The molecule has 1 aromatic heterocycles. The van der Waals surface area contributed by atoms with Crippen molar-refractivity contribution in [2.45, 2.75) is 38.6 Å². The van der Waals surface area contributed by atoms with E-state index in [2.05, 4.69) is 15.7 Å². The molecule has 1 aliphatic carbocycles. The van der Waals surface area contributed by atoms with Crippen LogP contribution >= 0.6 is 0 Å². The molecule has 4 amide bonds. The third-order valence-electron chi connectivity index (χ3n) is 6.51. The van der Waals surface area contributed by atoms with Crippen LogP contribution < -0.4 is 10.6 Å². The molecule has 3 aromatic rings. The SMILES string of the molecule is Cc1nn(-c2ccccc2)c(C)c1NC(=O)CN1C(=O)NC2(CCCc3ccccc32)C1=O. The molecule has 0 saturated carbocycles. The molecule has 1 unspecified atom stereocenters. The zero-order valence-corrected chi connectivity index (χ0v) is 18.6. The van der Waals surface area contributed by atoms with Gasteiger partial charge in [-0.25, -0.2) is 9.48 Å². The van der Waals surface area contributed by atoms with Crippen molar-refractivity contribution in [2.24, 2.45) is 0 Å². The van der Waals surface area contributed by atoms with Crippen LogP contribution in [0.3, 0.4) is 0 Å². The molecule has 2 N–H and O–H groups in total. The van der Waals surface area contributed by atoms with Gasteiger partial charge in [0.05, 0.1) is 22.8 Å². The lowest BCUT2D eigenvalue weighted by molar-refractivity contribution is -0.134. The lowest BCUT2D eigenvalue weighted by Crippen LogP contribution is -2.47. The Bertz CT molecular complexity index is 1270. The number of carbonyl (C=O) groups is 3. The number of benzene rings is 2. The number of para-hydroxylation sites is 1. The number of amides is 4. The summed E-state index contributed by atoms with van der Waals surface area (Å²) in [7, 11) is 0. The average Bonchev–Trinajstić information content (AvgIpc) is 3.23. The molecular weight excluding hydrogens is 418 g/mol. The minimum Gasteiger partial charge on any atom is -0.321 e. The summed E-state index contributed by atoms with van der Waals surface area (Å²) in [5.41, 5.74) is 3.67. The minimum absolute atomic E-state index is 0.357. The number of aromatic nitrogens is 2. The monoisotopic (exact) mass is 443 g/mol. The van der Waals surface area contributed by atoms with Crippen LogP contribution in [0.2, 0.25) is 0 Å². The Labute approximate surface area is 191 Å². The van der Waals surface area contributed by atoms with Gasteiger partial charge in [-0.2, -0.15) is 5.10 Å². The van der Waals surface area contributed by atoms with E-state index >= 15 is 0 Å². The highest BCUT2D eigenvalue weighted by Gasteiger charge is 2.54. The van der Waals surface area contributed by atoms with Gasteiger partial charge in [0.2, 0.25) is 5.91 Å². The number of hydrogen-bond acceptors (Lipinski definition) is 4. The summed E-state index contributed by atoms with van der Waals surface area (Å²) in [6.45, 7) is 3.32. The molecular formula is C25H25N5O3. The van der Waals surface area contributed by atoms with Gasteiger partial charge in [-0.3, -0.25) is 14.5 Å². The number of nitrogens with one attached hydrogen (secondary N) is 2. The minimum atomic E-state index is -1.09. The van der Waals surface area contributed by atoms with E-state index in [9.17, 15) is 14.4 Å². The summed E-state index contributed by atoms with van der Waals surface area (Å²) < 4.78 is 1.76. The van der Waals surface area contributed by atoms with Crippen molar-refractivity contribution in [3.05, 3.63) is 77.1 Å². The molecule has 2 heterocycles. The maximum Gasteiger partial charge on any atom is 0.325 e. The van der Waals surface area contributed by atoms with Gasteiger partial charge in [0.1, 0.15) is 12.1 Å². The number of urea groups is 1. The van der Waals surface area contributed by atoms with Gasteiger partial charge < -0.3 is 10.6 Å². The van der Waals surface area contributed by atoms with E-state index in [1.165, 1.54) is 0 Å². The molecule has 2 aliphatic rings. The molecule has 2 aromatic carbocycles. The van der Waals surface area contributed by atoms with Gasteiger partial charge in [0, 0.05) is 0 Å². The van der Waals surface area contributed by atoms with E-state index < -0.39 is 17.5 Å². The van der Waals surface area contributed by atoms with E-state index in [4.69, 9.17) is 0 Å². The fourth-order valence-corrected chi connectivity index (χ4v) is 4.92. The molecule has 8 nitrogen and oxygen atoms in total. The Kier molecular flexibility index (Phi) is 5.00. The van der Waals surface area contributed by atoms with Crippen LogP contribution in [0, 0.1) is 13.8 Å². The predicted octanol–water partition coefficient (Wildman–Crippen LogP) is 3.21. The Morgan fingerprint density at radius 3 is 2.61 bits per heavy atom. The van der Waals surface area contributed by atoms with Crippen molar-refractivity contribution in [2.75, 3.05) is 11.9 Å². The maximum atomic E-state index is 13.4. The zero-order chi connectivity index (χ0) is 23.2. The van der Waals surface area contributed by atoms with Crippen LogP contribution in [-0.4, -0.2) is 39.1 Å². The molecule has 0 radical (unpaired) electrons. The number of rotatable bonds is 4. The Hall–Kier alpha value is -3.94. The number of nitrogens with zero attached hydrogens (tertiary/aromatic N) is 3. The fraction of sp³-hybridized carbons (Fsp3) is 0.280. The number of fused-ring (bicyclic) bond motifs is 2. The van der Waals surface area contributed by atoms with Crippen LogP contribution in [0.25, 0.3) is 5.69 Å². The fourth-order valence-electron chi connectivity index (χ4n) is 4.92.